The summed E-state index contributed by atoms with van der Waals surface area (Å²) in [5.41, 5.74) is 0. The number of amides is 1. The highest BCUT2D eigenvalue weighted by Crippen LogP contribution is 2.33. The van der Waals surface area contributed by atoms with Crippen LogP contribution in [0.3, 0.4) is 0 Å². The monoisotopic (exact) mass is 327 g/mol. The van der Waals surface area contributed by atoms with Crippen molar-refractivity contribution in [1.29, 1.82) is 0 Å². The normalized spacial score (nSPS) is 17.1. The lowest BCUT2D eigenvalue weighted by Gasteiger charge is -2.13. The molecule has 1 aliphatic rings. The second-order valence-electron chi connectivity index (χ2n) is 3.90. The molecule has 1 aromatic heterocycles. The summed E-state index contributed by atoms with van der Waals surface area (Å²) in [6, 6.07) is 3.87. The average molecular weight is 327 g/mol. The quantitative estimate of drug-likeness (QED) is 0.473. The molecule has 7 heteroatoms. The molecule has 0 saturated carbocycles. The SMILES string of the molecule is CCOC(=O)CCN1C(=O)C(=Cc2cccs2)SC1=S. The zero-order valence-corrected chi connectivity index (χ0v) is 13.3. The molecule has 1 aliphatic heterocycles. The molecule has 0 atom stereocenters. The lowest BCUT2D eigenvalue weighted by atomic mass is 10.3. The number of thioether (sulfide) groups is 1. The Morgan fingerprint density at radius 2 is 2.35 bits per heavy atom. The Morgan fingerprint density at radius 3 is 3.00 bits per heavy atom. The minimum atomic E-state index is -0.316. The molecule has 0 N–H and O–H groups in total. The van der Waals surface area contributed by atoms with Crippen LogP contribution >= 0.6 is 35.3 Å². The first-order valence-corrected chi connectivity index (χ1v) is 8.16. The van der Waals surface area contributed by atoms with Crippen LogP contribution in [-0.2, 0) is 14.3 Å². The molecule has 2 heterocycles. The number of ether oxygens (including phenoxy) is 1. The van der Waals surface area contributed by atoms with Crippen LogP contribution in [0.1, 0.15) is 18.2 Å². The number of rotatable bonds is 5. The van der Waals surface area contributed by atoms with Gasteiger partial charge in [-0.1, -0.05) is 30.0 Å². The molecule has 1 saturated heterocycles. The van der Waals surface area contributed by atoms with E-state index in [0.29, 0.717) is 15.8 Å². The molecule has 1 amide bonds. The summed E-state index contributed by atoms with van der Waals surface area (Å²) < 4.78 is 5.33. The van der Waals surface area contributed by atoms with E-state index in [0.717, 1.165) is 4.88 Å². The summed E-state index contributed by atoms with van der Waals surface area (Å²) >= 11 is 8.02. The molecule has 0 bridgehead atoms. The molecule has 1 aromatic rings. The lowest BCUT2D eigenvalue weighted by molar-refractivity contribution is -0.143. The number of esters is 1. The maximum atomic E-state index is 12.2. The molecule has 106 valence electrons. The zero-order valence-electron chi connectivity index (χ0n) is 10.8. The number of thiophene rings is 1. The van der Waals surface area contributed by atoms with E-state index >= 15 is 0 Å². The third kappa shape index (κ3) is 3.68. The molecule has 4 nitrogen and oxygen atoms in total. The number of thiocarbonyl (C=S) groups is 1. The van der Waals surface area contributed by atoms with Crippen LogP contribution in [0.2, 0.25) is 0 Å². The van der Waals surface area contributed by atoms with Crippen LogP contribution < -0.4 is 0 Å². The molecular formula is C13H13NO3S3. The lowest BCUT2D eigenvalue weighted by Crippen LogP contribution is -2.30. The Morgan fingerprint density at radius 1 is 1.55 bits per heavy atom. The van der Waals surface area contributed by atoms with Gasteiger partial charge in [-0.3, -0.25) is 14.5 Å². The highest BCUT2D eigenvalue weighted by Gasteiger charge is 2.32. The van der Waals surface area contributed by atoms with Crippen LogP contribution in [0.15, 0.2) is 22.4 Å². The molecule has 0 spiro atoms. The summed E-state index contributed by atoms with van der Waals surface area (Å²) in [4.78, 5) is 26.6. The molecule has 0 aliphatic carbocycles. The Kier molecular flexibility index (Phi) is 5.33. The summed E-state index contributed by atoms with van der Waals surface area (Å²) in [7, 11) is 0. The van der Waals surface area contributed by atoms with Gasteiger partial charge in [0.15, 0.2) is 0 Å². The highest BCUT2D eigenvalue weighted by molar-refractivity contribution is 8.26. The van der Waals surface area contributed by atoms with Crippen molar-refractivity contribution in [3.05, 3.63) is 27.3 Å². The number of carbonyl (C=O) groups is 2. The molecule has 2 rings (SSSR count). The van der Waals surface area contributed by atoms with Crippen molar-refractivity contribution >= 4 is 57.6 Å². The minimum absolute atomic E-state index is 0.141. The number of nitrogens with zero attached hydrogens (tertiary/aromatic N) is 1. The van der Waals surface area contributed by atoms with Gasteiger partial charge in [0, 0.05) is 11.4 Å². The van der Waals surface area contributed by atoms with Crippen LogP contribution in [-0.4, -0.2) is 34.2 Å². The van der Waals surface area contributed by atoms with Crippen molar-refractivity contribution in [3.8, 4) is 0 Å². The smallest absolute Gasteiger partial charge is 0.307 e. The summed E-state index contributed by atoms with van der Waals surface area (Å²) in [6.45, 7) is 2.36. The van der Waals surface area contributed by atoms with Crippen LogP contribution in [0, 0.1) is 0 Å². The molecule has 0 radical (unpaired) electrons. The third-order valence-electron chi connectivity index (χ3n) is 2.53. The Bertz CT molecular complexity index is 551. The molecule has 1 fully saturated rings. The molecule has 0 unspecified atom stereocenters. The standard InChI is InChI=1S/C13H13NO3S3/c1-2-17-11(15)5-6-14-12(16)10(20-13(14)18)8-9-4-3-7-19-9/h3-4,7-8H,2,5-6H2,1H3. The fourth-order valence-corrected chi connectivity index (χ4v) is 3.66. The molecule has 20 heavy (non-hydrogen) atoms. The second-order valence-corrected chi connectivity index (χ2v) is 6.56. The molecule has 0 aromatic carbocycles. The fraction of sp³-hybridized carbons (Fsp3) is 0.308. The van der Waals surface area contributed by atoms with E-state index in [2.05, 4.69) is 0 Å². The van der Waals surface area contributed by atoms with Gasteiger partial charge in [-0.15, -0.1) is 11.3 Å². The van der Waals surface area contributed by atoms with Gasteiger partial charge in [-0.25, -0.2) is 0 Å². The van der Waals surface area contributed by atoms with Gasteiger partial charge >= 0.3 is 5.97 Å². The van der Waals surface area contributed by atoms with Crippen molar-refractivity contribution in [3.63, 3.8) is 0 Å². The number of hydrogen-bond donors (Lipinski definition) is 0. The van der Waals surface area contributed by atoms with Crippen molar-refractivity contribution in [2.24, 2.45) is 0 Å². The maximum absolute atomic E-state index is 12.2. The Balaban J connectivity index is 2.00. The van der Waals surface area contributed by atoms with Gasteiger partial charge in [0.05, 0.1) is 17.9 Å². The average Bonchev–Trinajstić information content (AvgIpc) is 2.99. The van der Waals surface area contributed by atoms with Crippen LogP contribution in [0.5, 0.6) is 0 Å². The van der Waals surface area contributed by atoms with Gasteiger partial charge in [0.1, 0.15) is 4.32 Å². The number of hydrogen-bond acceptors (Lipinski definition) is 6. The summed E-state index contributed by atoms with van der Waals surface area (Å²) in [5.74, 6) is -0.457. The number of carbonyl (C=O) groups excluding carboxylic acids is 2. The van der Waals surface area contributed by atoms with Gasteiger partial charge in [-0.05, 0) is 24.4 Å². The van der Waals surface area contributed by atoms with E-state index in [1.807, 2.05) is 23.6 Å². The van der Waals surface area contributed by atoms with Gasteiger partial charge < -0.3 is 4.74 Å². The van der Waals surface area contributed by atoms with E-state index in [9.17, 15) is 9.59 Å². The van der Waals surface area contributed by atoms with Crippen molar-refractivity contribution in [2.45, 2.75) is 13.3 Å². The van der Waals surface area contributed by atoms with Crippen LogP contribution in [0.4, 0.5) is 0 Å². The van der Waals surface area contributed by atoms with Crippen LogP contribution in [0.25, 0.3) is 6.08 Å². The Labute approximate surface area is 130 Å². The maximum Gasteiger partial charge on any atom is 0.307 e. The van der Waals surface area contributed by atoms with E-state index in [1.54, 1.807) is 18.3 Å². The summed E-state index contributed by atoms with van der Waals surface area (Å²) in [6.07, 6.45) is 1.99. The molecular weight excluding hydrogens is 314 g/mol. The highest BCUT2D eigenvalue weighted by atomic mass is 32.2. The first-order valence-electron chi connectivity index (χ1n) is 6.06. The second kappa shape index (κ2) is 7.01. The van der Waals surface area contributed by atoms with Gasteiger partial charge in [0.25, 0.3) is 5.91 Å². The topological polar surface area (TPSA) is 46.6 Å². The predicted molar refractivity (Wildman–Crippen MR) is 85.4 cm³/mol. The predicted octanol–water partition coefficient (Wildman–Crippen LogP) is 2.90. The Hall–Kier alpha value is -1.18. The van der Waals surface area contributed by atoms with E-state index in [-0.39, 0.29) is 24.8 Å². The third-order valence-corrected chi connectivity index (χ3v) is 4.73. The van der Waals surface area contributed by atoms with Crippen molar-refractivity contribution in [1.82, 2.24) is 4.90 Å². The van der Waals surface area contributed by atoms with E-state index in [4.69, 9.17) is 17.0 Å². The first-order chi connectivity index (χ1) is 9.61. The fourth-order valence-electron chi connectivity index (χ4n) is 1.63. The van der Waals surface area contributed by atoms with E-state index in [1.165, 1.54) is 16.7 Å². The van der Waals surface area contributed by atoms with E-state index < -0.39 is 0 Å². The largest absolute Gasteiger partial charge is 0.466 e. The summed E-state index contributed by atoms with van der Waals surface area (Å²) in [5, 5.41) is 1.95. The first kappa shape index (κ1) is 15.2. The van der Waals surface area contributed by atoms with Crippen molar-refractivity contribution < 1.29 is 14.3 Å². The van der Waals surface area contributed by atoms with Gasteiger partial charge in [-0.2, -0.15) is 0 Å². The van der Waals surface area contributed by atoms with Gasteiger partial charge in [0.2, 0.25) is 0 Å². The zero-order chi connectivity index (χ0) is 14.5. The van der Waals surface area contributed by atoms with Crippen molar-refractivity contribution in [2.75, 3.05) is 13.2 Å². The minimum Gasteiger partial charge on any atom is -0.466 e.